The molecular weight excluding hydrogens is 188 g/mol. The number of aryl methyl sites for hydroxylation is 1. The molecule has 15 heavy (non-hydrogen) atoms. The zero-order valence-electron chi connectivity index (χ0n) is 9.82. The van der Waals surface area contributed by atoms with E-state index >= 15 is 0 Å². The van der Waals surface area contributed by atoms with E-state index in [1.54, 1.807) is 0 Å². The zero-order valence-corrected chi connectivity index (χ0v) is 9.82. The van der Waals surface area contributed by atoms with Crippen molar-refractivity contribution in [2.24, 2.45) is 13.0 Å². The van der Waals surface area contributed by atoms with Crippen molar-refractivity contribution >= 4 is 0 Å². The van der Waals surface area contributed by atoms with Crippen molar-refractivity contribution in [1.29, 1.82) is 0 Å². The zero-order chi connectivity index (χ0) is 10.8. The van der Waals surface area contributed by atoms with Gasteiger partial charge in [-0.15, -0.1) is 10.2 Å². The molecule has 0 radical (unpaired) electrons. The van der Waals surface area contributed by atoms with Crippen LogP contribution in [0.3, 0.4) is 0 Å². The van der Waals surface area contributed by atoms with Gasteiger partial charge in [0.15, 0.2) is 0 Å². The lowest BCUT2D eigenvalue weighted by Gasteiger charge is -2.31. The molecule has 0 aromatic carbocycles. The Labute approximate surface area is 91.1 Å². The minimum Gasteiger partial charge on any atom is -0.317 e. The Morgan fingerprint density at radius 2 is 2.20 bits per heavy atom. The molecule has 1 saturated carbocycles. The highest BCUT2D eigenvalue weighted by molar-refractivity contribution is 4.93. The van der Waals surface area contributed by atoms with Gasteiger partial charge in [0.25, 0.3) is 0 Å². The first kappa shape index (κ1) is 10.6. The molecule has 1 unspecified atom stereocenters. The number of aromatic nitrogens is 3. The van der Waals surface area contributed by atoms with Crippen LogP contribution in [0, 0.1) is 12.8 Å². The maximum absolute atomic E-state index is 4.14. The lowest BCUT2D eigenvalue weighted by Crippen LogP contribution is -2.37. The van der Waals surface area contributed by atoms with E-state index in [0.29, 0.717) is 6.04 Å². The van der Waals surface area contributed by atoms with Gasteiger partial charge in [0, 0.05) is 13.1 Å². The molecule has 0 saturated heterocycles. The predicted octanol–water partition coefficient (Wildman–Crippen LogP) is 1.40. The topological polar surface area (TPSA) is 42.7 Å². The first-order valence-electron chi connectivity index (χ1n) is 5.76. The smallest absolute Gasteiger partial charge is 0.146 e. The summed E-state index contributed by atoms with van der Waals surface area (Å²) in [6.07, 6.45) is 4.16. The third-order valence-corrected chi connectivity index (χ3v) is 3.62. The summed E-state index contributed by atoms with van der Waals surface area (Å²) in [4.78, 5) is 0. The fourth-order valence-electron chi connectivity index (χ4n) is 1.96. The van der Waals surface area contributed by atoms with E-state index < -0.39 is 0 Å². The molecule has 1 heterocycles. The van der Waals surface area contributed by atoms with Crippen LogP contribution in [0.15, 0.2) is 0 Å². The minimum atomic E-state index is 0.607. The average molecular weight is 208 g/mol. The maximum Gasteiger partial charge on any atom is 0.146 e. The van der Waals surface area contributed by atoms with Crippen LogP contribution in [0.5, 0.6) is 0 Å². The molecule has 1 aromatic rings. The summed E-state index contributed by atoms with van der Waals surface area (Å²) in [6.45, 7) is 5.08. The number of rotatable bonds is 4. The minimum absolute atomic E-state index is 0.607. The van der Waals surface area contributed by atoms with Crippen LogP contribution in [0.25, 0.3) is 0 Å². The molecule has 0 aliphatic heterocycles. The average Bonchev–Trinajstić information content (AvgIpc) is 2.42. The van der Waals surface area contributed by atoms with E-state index in [-0.39, 0.29) is 0 Å². The third-order valence-electron chi connectivity index (χ3n) is 3.62. The first-order valence-corrected chi connectivity index (χ1v) is 5.76. The van der Waals surface area contributed by atoms with Crippen LogP contribution in [0.4, 0.5) is 0 Å². The van der Waals surface area contributed by atoms with Crippen molar-refractivity contribution in [2.45, 2.75) is 45.7 Å². The fourth-order valence-corrected chi connectivity index (χ4v) is 1.96. The molecular formula is C11H20N4. The molecule has 1 atom stereocenters. The molecule has 1 aliphatic carbocycles. The van der Waals surface area contributed by atoms with E-state index in [2.05, 4.69) is 22.4 Å². The molecule has 1 aliphatic rings. The van der Waals surface area contributed by atoms with Gasteiger partial charge in [-0.3, -0.25) is 0 Å². The SMILES string of the molecule is Cc1nnc(CNC(C)C2CCC2)n1C. The van der Waals surface area contributed by atoms with Crippen molar-refractivity contribution in [3.05, 3.63) is 11.6 Å². The van der Waals surface area contributed by atoms with E-state index in [1.807, 2.05) is 18.5 Å². The Morgan fingerprint density at radius 3 is 2.67 bits per heavy atom. The molecule has 0 bridgehead atoms. The fraction of sp³-hybridized carbons (Fsp3) is 0.818. The quantitative estimate of drug-likeness (QED) is 0.813. The largest absolute Gasteiger partial charge is 0.317 e. The van der Waals surface area contributed by atoms with Crippen LogP contribution >= 0.6 is 0 Å². The number of hydrogen-bond donors (Lipinski definition) is 1. The van der Waals surface area contributed by atoms with Crippen LogP contribution in [-0.2, 0) is 13.6 Å². The van der Waals surface area contributed by atoms with E-state index in [0.717, 1.165) is 24.1 Å². The molecule has 0 spiro atoms. The summed E-state index contributed by atoms with van der Waals surface area (Å²) in [7, 11) is 2.01. The van der Waals surface area contributed by atoms with Crippen molar-refractivity contribution in [2.75, 3.05) is 0 Å². The van der Waals surface area contributed by atoms with Gasteiger partial charge in [0.2, 0.25) is 0 Å². The van der Waals surface area contributed by atoms with Crippen LogP contribution < -0.4 is 5.32 Å². The van der Waals surface area contributed by atoms with Gasteiger partial charge in [-0.05, 0) is 32.6 Å². The van der Waals surface area contributed by atoms with Gasteiger partial charge in [-0.25, -0.2) is 0 Å². The van der Waals surface area contributed by atoms with Crippen molar-refractivity contribution in [3.63, 3.8) is 0 Å². The van der Waals surface area contributed by atoms with Crippen LogP contribution in [0.2, 0.25) is 0 Å². The Kier molecular flexibility index (Phi) is 3.05. The highest BCUT2D eigenvalue weighted by Gasteiger charge is 2.23. The molecule has 1 fully saturated rings. The second kappa shape index (κ2) is 4.31. The molecule has 2 rings (SSSR count). The molecule has 84 valence electrons. The van der Waals surface area contributed by atoms with E-state index in [4.69, 9.17) is 0 Å². The Hall–Kier alpha value is -0.900. The summed E-state index contributed by atoms with van der Waals surface area (Å²) in [5, 5.41) is 11.7. The summed E-state index contributed by atoms with van der Waals surface area (Å²) in [5.74, 6) is 2.88. The summed E-state index contributed by atoms with van der Waals surface area (Å²) >= 11 is 0. The highest BCUT2D eigenvalue weighted by Crippen LogP contribution is 2.29. The summed E-state index contributed by atoms with van der Waals surface area (Å²) < 4.78 is 2.04. The van der Waals surface area contributed by atoms with Crippen LogP contribution in [-0.4, -0.2) is 20.8 Å². The molecule has 1 aromatic heterocycles. The highest BCUT2D eigenvalue weighted by atomic mass is 15.3. The van der Waals surface area contributed by atoms with Crippen molar-refractivity contribution < 1.29 is 0 Å². The Morgan fingerprint density at radius 1 is 1.47 bits per heavy atom. The standard InChI is InChI=1S/C11H20N4/c1-8(10-5-4-6-10)12-7-11-14-13-9(2)15(11)3/h8,10,12H,4-7H2,1-3H3. The van der Waals surface area contributed by atoms with Gasteiger partial charge in [-0.1, -0.05) is 6.42 Å². The number of hydrogen-bond acceptors (Lipinski definition) is 3. The maximum atomic E-state index is 4.14. The Balaban J connectivity index is 1.84. The van der Waals surface area contributed by atoms with Crippen molar-refractivity contribution in [1.82, 2.24) is 20.1 Å². The van der Waals surface area contributed by atoms with E-state index in [9.17, 15) is 0 Å². The molecule has 1 N–H and O–H groups in total. The molecule has 0 amide bonds. The van der Waals surface area contributed by atoms with Gasteiger partial charge in [0.1, 0.15) is 11.6 Å². The van der Waals surface area contributed by atoms with Gasteiger partial charge < -0.3 is 9.88 Å². The molecule has 4 nitrogen and oxygen atoms in total. The number of nitrogens with zero attached hydrogens (tertiary/aromatic N) is 3. The summed E-state index contributed by atoms with van der Waals surface area (Å²) in [6, 6.07) is 0.607. The van der Waals surface area contributed by atoms with Gasteiger partial charge in [-0.2, -0.15) is 0 Å². The third kappa shape index (κ3) is 2.20. The van der Waals surface area contributed by atoms with Gasteiger partial charge >= 0.3 is 0 Å². The molecule has 4 heteroatoms. The van der Waals surface area contributed by atoms with Crippen LogP contribution in [0.1, 0.15) is 37.8 Å². The van der Waals surface area contributed by atoms with E-state index in [1.165, 1.54) is 19.3 Å². The lowest BCUT2D eigenvalue weighted by molar-refractivity contribution is 0.238. The number of nitrogens with one attached hydrogen (secondary N) is 1. The Bertz CT molecular complexity index is 327. The second-order valence-corrected chi connectivity index (χ2v) is 4.58. The second-order valence-electron chi connectivity index (χ2n) is 4.58. The monoisotopic (exact) mass is 208 g/mol. The van der Waals surface area contributed by atoms with Gasteiger partial charge in [0.05, 0.1) is 6.54 Å². The first-order chi connectivity index (χ1) is 7.18. The predicted molar refractivity (Wildman–Crippen MR) is 59.4 cm³/mol. The lowest BCUT2D eigenvalue weighted by atomic mass is 9.80. The normalized spacial score (nSPS) is 18.9. The van der Waals surface area contributed by atoms with Crippen molar-refractivity contribution in [3.8, 4) is 0 Å². The summed E-state index contributed by atoms with van der Waals surface area (Å²) in [5.41, 5.74) is 0.